The summed E-state index contributed by atoms with van der Waals surface area (Å²) in [5.41, 5.74) is 3.40. The maximum absolute atomic E-state index is 8.86. The van der Waals surface area contributed by atoms with Gasteiger partial charge in [0.1, 0.15) is 6.61 Å². The number of ether oxygens (including phenoxy) is 1. The highest BCUT2D eigenvalue weighted by atomic mass is 16.5. The van der Waals surface area contributed by atoms with E-state index >= 15 is 0 Å². The Hall–Kier alpha value is -1.55. The zero-order valence-corrected chi connectivity index (χ0v) is 8.90. The van der Waals surface area contributed by atoms with Crippen LogP contribution in [0.25, 0.3) is 0 Å². The summed E-state index contributed by atoms with van der Waals surface area (Å²) in [6.07, 6.45) is 0. The first-order valence-electron chi connectivity index (χ1n) is 4.86. The van der Waals surface area contributed by atoms with Crippen LogP contribution in [0.1, 0.15) is 11.1 Å². The highest BCUT2D eigenvalue weighted by molar-refractivity contribution is 5.80. The van der Waals surface area contributed by atoms with Crippen molar-refractivity contribution >= 4 is 11.6 Å². The molecule has 0 saturated heterocycles. The zero-order valence-electron chi connectivity index (χ0n) is 8.90. The summed E-state index contributed by atoms with van der Waals surface area (Å²) in [7, 11) is 0. The van der Waals surface area contributed by atoms with Crippen LogP contribution in [-0.2, 0) is 4.74 Å². The average molecular weight is 206 g/mol. The Bertz CT molecular complexity index is 402. The fraction of sp³-hybridized carbons (Fsp3) is 0.364. The molecule has 0 amide bonds. The summed E-state index contributed by atoms with van der Waals surface area (Å²) in [6.45, 7) is 4.32. The van der Waals surface area contributed by atoms with E-state index in [0.29, 0.717) is 12.6 Å². The molecule has 0 unspecified atom stereocenters. The van der Waals surface area contributed by atoms with Gasteiger partial charge in [0, 0.05) is 0 Å². The molecule has 1 N–H and O–H groups in total. The molecule has 0 aromatic heterocycles. The van der Waals surface area contributed by atoms with Crippen LogP contribution in [-0.4, -0.2) is 24.3 Å². The van der Waals surface area contributed by atoms with Crippen molar-refractivity contribution in [3.63, 3.8) is 0 Å². The molecule has 1 heterocycles. The van der Waals surface area contributed by atoms with E-state index in [4.69, 9.17) is 9.84 Å². The van der Waals surface area contributed by atoms with Crippen LogP contribution in [0.15, 0.2) is 23.3 Å². The lowest BCUT2D eigenvalue weighted by Gasteiger charge is -2.14. The summed E-state index contributed by atoms with van der Waals surface area (Å²) in [5, 5.41) is 14.8. The van der Waals surface area contributed by atoms with E-state index in [9.17, 15) is 0 Å². The first-order chi connectivity index (χ1) is 7.20. The maximum atomic E-state index is 8.86. The molecule has 0 fully saturated rings. The third kappa shape index (κ3) is 1.94. The molecule has 4 heteroatoms. The Kier molecular flexibility index (Phi) is 2.60. The number of hydrogen-bond acceptors (Lipinski definition) is 4. The van der Waals surface area contributed by atoms with Crippen molar-refractivity contribution < 1.29 is 9.84 Å². The van der Waals surface area contributed by atoms with Gasteiger partial charge in [0.15, 0.2) is 6.73 Å². The van der Waals surface area contributed by atoms with Gasteiger partial charge in [-0.2, -0.15) is 0 Å². The van der Waals surface area contributed by atoms with E-state index in [2.05, 4.69) is 18.1 Å². The van der Waals surface area contributed by atoms with Crippen LogP contribution >= 0.6 is 0 Å². The molecule has 0 radical (unpaired) electrons. The SMILES string of the molecule is Cc1ccc(N2COC(CO)=N2)c(C)c1. The minimum absolute atomic E-state index is 0.151. The Morgan fingerprint density at radius 1 is 1.47 bits per heavy atom. The molecule has 0 aliphatic carbocycles. The lowest BCUT2D eigenvalue weighted by atomic mass is 10.1. The molecule has 80 valence electrons. The Balaban J connectivity index is 2.27. The molecular weight excluding hydrogens is 192 g/mol. The molecule has 1 aromatic rings. The number of aliphatic hydroxyl groups excluding tert-OH is 1. The molecule has 15 heavy (non-hydrogen) atoms. The predicted molar refractivity (Wildman–Crippen MR) is 58.9 cm³/mol. The summed E-state index contributed by atoms with van der Waals surface area (Å²) >= 11 is 0. The van der Waals surface area contributed by atoms with Gasteiger partial charge in [0.2, 0.25) is 5.90 Å². The summed E-state index contributed by atoms with van der Waals surface area (Å²) in [4.78, 5) is 0. The Labute approximate surface area is 88.8 Å². The first kappa shape index (κ1) is 9.98. The van der Waals surface area contributed by atoms with Gasteiger partial charge in [0.25, 0.3) is 0 Å². The summed E-state index contributed by atoms with van der Waals surface area (Å²) < 4.78 is 5.18. The second-order valence-corrected chi connectivity index (χ2v) is 3.61. The quantitative estimate of drug-likeness (QED) is 0.795. The van der Waals surface area contributed by atoms with Crippen LogP contribution in [0.2, 0.25) is 0 Å². The molecule has 1 aliphatic heterocycles. The lowest BCUT2D eigenvalue weighted by Crippen LogP contribution is -2.14. The van der Waals surface area contributed by atoms with Gasteiger partial charge in [-0.3, -0.25) is 0 Å². The van der Waals surface area contributed by atoms with Gasteiger partial charge in [-0.1, -0.05) is 17.7 Å². The summed E-state index contributed by atoms with van der Waals surface area (Å²) in [6, 6.07) is 6.15. The molecule has 1 aromatic carbocycles. The Morgan fingerprint density at radius 3 is 2.87 bits per heavy atom. The van der Waals surface area contributed by atoms with E-state index in [1.165, 1.54) is 5.56 Å². The highest BCUT2D eigenvalue weighted by Crippen LogP contribution is 2.23. The van der Waals surface area contributed by atoms with Gasteiger partial charge in [0.05, 0.1) is 5.69 Å². The third-order valence-corrected chi connectivity index (χ3v) is 2.35. The van der Waals surface area contributed by atoms with Gasteiger partial charge < -0.3 is 9.84 Å². The summed E-state index contributed by atoms with van der Waals surface area (Å²) in [5.74, 6) is 0.370. The molecule has 0 atom stereocenters. The number of anilines is 1. The smallest absolute Gasteiger partial charge is 0.234 e. The van der Waals surface area contributed by atoms with Crippen molar-refractivity contribution in [1.29, 1.82) is 0 Å². The van der Waals surface area contributed by atoms with Crippen molar-refractivity contribution in [2.75, 3.05) is 18.3 Å². The van der Waals surface area contributed by atoms with Crippen LogP contribution < -0.4 is 5.01 Å². The van der Waals surface area contributed by atoms with Crippen LogP contribution in [0.3, 0.4) is 0 Å². The molecule has 0 bridgehead atoms. The molecule has 0 saturated carbocycles. The van der Waals surface area contributed by atoms with Crippen molar-refractivity contribution in [2.24, 2.45) is 5.10 Å². The van der Waals surface area contributed by atoms with Crippen molar-refractivity contribution in [3.05, 3.63) is 29.3 Å². The first-order valence-corrected chi connectivity index (χ1v) is 4.86. The number of rotatable bonds is 2. The molecule has 0 spiro atoms. The van der Waals surface area contributed by atoms with Crippen LogP contribution in [0.5, 0.6) is 0 Å². The fourth-order valence-electron chi connectivity index (χ4n) is 1.62. The van der Waals surface area contributed by atoms with E-state index in [-0.39, 0.29) is 6.61 Å². The molecule has 4 nitrogen and oxygen atoms in total. The number of aliphatic hydroxyl groups is 1. The van der Waals surface area contributed by atoms with E-state index in [1.807, 2.05) is 19.1 Å². The topological polar surface area (TPSA) is 45.1 Å². The van der Waals surface area contributed by atoms with Crippen molar-refractivity contribution in [1.82, 2.24) is 0 Å². The van der Waals surface area contributed by atoms with Gasteiger partial charge in [-0.25, -0.2) is 5.01 Å². The standard InChI is InChI=1S/C11H14N2O2/c1-8-3-4-10(9(2)5-8)13-7-15-11(6-14)12-13/h3-5,14H,6-7H2,1-2H3. The average Bonchev–Trinajstić information content (AvgIpc) is 2.66. The monoisotopic (exact) mass is 206 g/mol. The lowest BCUT2D eigenvalue weighted by molar-refractivity contribution is 0.278. The van der Waals surface area contributed by atoms with Crippen molar-refractivity contribution in [3.8, 4) is 0 Å². The highest BCUT2D eigenvalue weighted by Gasteiger charge is 2.17. The third-order valence-electron chi connectivity index (χ3n) is 2.35. The second kappa shape index (κ2) is 3.90. The predicted octanol–water partition coefficient (Wildman–Crippen LogP) is 1.40. The van der Waals surface area contributed by atoms with Gasteiger partial charge in [-0.15, -0.1) is 5.10 Å². The normalized spacial score (nSPS) is 15.1. The number of hydrazone groups is 1. The molecule has 1 aliphatic rings. The van der Waals surface area contributed by atoms with Crippen LogP contribution in [0.4, 0.5) is 5.69 Å². The number of hydrogen-bond donors (Lipinski definition) is 1. The minimum atomic E-state index is -0.151. The zero-order chi connectivity index (χ0) is 10.8. The fourth-order valence-corrected chi connectivity index (χ4v) is 1.62. The van der Waals surface area contributed by atoms with Crippen LogP contribution in [0, 0.1) is 13.8 Å². The van der Waals surface area contributed by atoms with Crippen molar-refractivity contribution in [2.45, 2.75) is 13.8 Å². The van der Waals surface area contributed by atoms with Gasteiger partial charge >= 0.3 is 0 Å². The number of nitrogens with zero attached hydrogens (tertiary/aromatic N) is 2. The largest absolute Gasteiger partial charge is 0.455 e. The minimum Gasteiger partial charge on any atom is -0.455 e. The number of aryl methyl sites for hydroxylation is 2. The number of benzene rings is 1. The molecular formula is C11H14N2O2. The second-order valence-electron chi connectivity index (χ2n) is 3.61. The van der Waals surface area contributed by atoms with Gasteiger partial charge in [-0.05, 0) is 25.5 Å². The van der Waals surface area contributed by atoms with E-state index in [1.54, 1.807) is 5.01 Å². The maximum Gasteiger partial charge on any atom is 0.234 e. The van der Waals surface area contributed by atoms with E-state index in [0.717, 1.165) is 11.3 Å². The van der Waals surface area contributed by atoms with E-state index < -0.39 is 0 Å². The molecule has 2 rings (SSSR count). The Morgan fingerprint density at radius 2 is 2.27 bits per heavy atom.